The normalized spacial score (nSPS) is 11.2. The van der Waals surface area contributed by atoms with E-state index in [4.69, 9.17) is 10.4 Å². The fraction of sp³-hybridized carbons (Fsp3) is 0.429. The van der Waals surface area contributed by atoms with Crippen LogP contribution in [0.5, 0.6) is 0 Å². The van der Waals surface area contributed by atoms with Crippen LogP contribution >= 0.6 is 11.3 Å². The lowest BCUT2D eigenvalue weighted by atomic mass is 10.1. The quantitative estimate of drug-likeness (QED) is 0.461. The Kier molecular flexibility index (Phi) is 6.16. The van der Waals surface area contributed by atoms with Gasteiger partial charge in [-0.2, -0.15) is 5.26 Å². The molecule has 0 radical (unpaired) electrons. The second-order valence-corrected chi connectivity index (χ2v) is 5.09. The summed E-state index contributed by atoms with van der Waals surface area (Å²) in [5.41, 5.74) is 1.01. The molecule has 1 aromatic heterocycles. The third kappa shape index (κ3) is 4.72. The zero-order valence-corrected chi connectivity index (χ0v) is 11.3. The van der Waals surface area contributed by atoms with E-state index in [2.05, 4.69) is 6.92 Å². The van der Waals surface area contributed by atoms with Crippen LogP contribution in [0.3, 0.4) is 0 Å². The van der Waals surface area contributed by atoms with Crippen LogP contribution in [0.2, 0.25) is 0 Å². The number of carbonyl (C=O) groups is 1. The van der Waals surface area contributed by atoms with Gasteiger partial charge in [0, 0.05) is 4.88 Å². The number of aliphatic carboxylic acids is 1. The van der Waals surface area contributed by atoms with Crippen molar-refractivity contribution in [1.82, 2.24) is 0 Å². The Bertz CT molecular complexity index is 468. The van der Waals surface area contributed by atoms with Gasteiger partial charge in [0.15, 0.2) is 0 Å². The zero-order valence-electron chi connectivity index (χ0n) is 10.5. The molecule has 96 valence electrons. The van der Waals surface area contributed by atoms with E-state index >= 15 is 0 Å². The second kappa shape index (κ2) is 7.67. The van der Waals surface area contributed by atoms with Crippen molar-refractivity contribution in [3.8, 4) is 6.07 Å². The van der Waals surface area contributed by atoms with Crippen molar-refractivity contribution in [2.24, 2.45) is 0 Å². The predicted molar refractivity (Wildman–Crippen MR) is 73.4 cm³/mol. The molecule has 0 bridgehead atoms. The van der Waals surface area contributed by atoms with Crippen molar-refractivity contribution in [2.75, 3.05) is 0 Å². The fourth-order valence-corrected chi connectivity index (χ4v) is 2.52. The van der Waals surface area contributed by atoms with Crippen LogP contribution in [-0.2, 0) is 11.2 Å². The molecule has 1 rings (SSSR count). The lowest BCUT2D eigenvalue weighted by molar-refractivity contribution is -0.132. The highest BCUT2D eigenvalue weighted by molar-refractivity contribution is 7.11. The maximum Gasteiger partial charge on any atom is 0.346 e. The molecular formula is C14H17NO2S. The van der Waals surface area contributed by atoms with Gasteiger partial charge >= 0.3 is 5.97 Å². The smallest absolute Gasteiger partial charge is 0.346 e. The summed E-state index contributed by atoms with van der Waals surface area (Å²) in [5.74, 6) is -1.17. The number of carboxylic acids is 1. The minimum Gasteiger partial charge on any atom is -0.477 e. The summed E-state index contributed by atoms with van der Waals surface area (Å²) in [6.07, 6.45) is 7.34. The highest BCUT2D eigenvalue weighted by atomic mass is 32.1. The average molecular weight is 263 g/mol. The summed E-state index contributed by atoms with van der Waals surface area (Å²) in [5, 5.41) is 19.5. The van der Waals surface area contributed by atoms with E-state index in [1.54, 1.807) is 6.07 Å². The van der Waals surface area contributed by atoms with Gasteiger partial charge in [-0.3, -0.25) is 0 Å². The van der Waals surface area contributed by atoms with E-state index < -0.39 is 5.97 Å². The first-order valence-corrected chi connectivity index (χ1v) is 6.97. The summed E-state index contributed by atoms with van der Waals surface area (Å²) in [6.45, 7) is 2.18. The molecule has 0 aromatic carbocycles. The molecule has 0 unspecified atom stereocenters. The molecule has 0 saturated carbocycles. The first kappa shape index (κ1) is 14.5. The van der Waals surface area contributed by atoms with Crippen LogP contribution in [0.4, 0.5) is 0 Å². The molecule has 3 nitrogen and oxygen atoms in total. The van der Waals surface area contributed by atoms with Crippen molar-refractivity contribution in [2.45, 2.75) is 39.0 Å². The molecule has 0 aliphatic heterocycles. The highest BCUT2D eigenvalue weighted by Gasteiger charge is 2.06. The topological polar surface area (TPSA) is 61.1 Å². The molecule has 0 amide bonds. The lowest BCUT2D eigenvalue weighted by Gasteiger charge is -1.96. The molecule has 1 N–H and O–H groups in total. The van der Waals surface area contributed by atoms with Crippen LogP contribution in [0.25, 0.3) is 6.08 Å². The molecule has 0 saturated heterocycles. The van der Waals surface area contributed by atoms with Gasteiger partial charge < -0.3 is 5.11 Å². The van der Waals surface area contributed by atoms with Crippen molar-refractivity contribution in [3.05, 3.63) is 27.5 Å². The maximum atomic E-state index is 10.7. The van der Waals surface area contributed by atoms with Crippen LogP contribution in [0.15, 0.2) is 17.0 Å². The van der Waals surface area contributed by atoms with E-state index in [0.29, 0.717) is 0 Å². The van der Waals surface area contributed by atoms with Crippen molar-refractivity contribution in [1.29, 1.82) is 5.26 Å². The molecule has 0 atom stereocenters. The molecular weight excluding hydrogens is 246 g/mol. The molecule has 0 aliphatic carbocycles. The first-order valence-electron chi connectivity index (χ1n) is 6.10. The van der Waals surface area contributed by atoms with Crippen LogP contribution in [-0.4, -0.2) is 11.1 Å². The Morgan fingerprint density at radius 3 is 2.89 bits per heavy atom. The molecule has 4 heteroatoms. The molecule has 0 spiro atoms. The van der Waals surface area contributed by atoms with E-state index in [0.717, 1.165) is 17.7 Å². The minimum atomic E-state index is -1.17. The highest BCUT2D eigenvalue weighted by Crippen LogP contribution is 2.20. The van der Waals surface area contributed by atoms with Gasteiger partial charge in [-0.15, -0.1) is 11.3 Å². The predicted octanol–water partition coefficient (Wildman–Crippen LogP) is 3.86. The number of unbranched alkanes of at least 4 members (excludes halogenated alkanes) is 3. The van der Waals surface area contributed by atoms with Gasteiger partial charge in [-0.1, -0.05) is 26.2 Å². The van der Waals surface area contributed by atoms with Gasteiger partial charge in [0.25, 0.3) is 0 Å². The number of thiophene rings is 1. The number of nitriles is 1. The first-order chi connectivity index (χ1) is 8.67. The molecule has 0 aliphatic rings. The molecule has 1 aromatic rings. The lowest BCUT2D eigenvalue weighted by Crippen LogP contribution is -1.96. The van der Waals surface area contributed by atoms with Gasteiger partial charge in [-0.05, 0) is 35.9 Å². The van der Waals surface area contributed by atoms with Crippen LogP contribution in [0.1, 0.15) is 43.0 Å². The Balaban J connectivity index is 2.58. The second-order valence-electron chi connectivity index (χ2n) is 4.14. The van der Waals surface area contributed by atoms with E-state index in [9.17, 15) is 4.79 Å². The number of hydrogen-bond acceptors (Lipinski definition) is 3. The fourth-order valence-electron chi connectivity index (χ4n) is 1.64. The standard InChI is InChI=1S/C14H17NO2S/c1-2-3-4-5-6-11-7-13(18-10-11)8-12(9-15)14(16)17/h7-8,10H,2-6H2,1H3,(H,16,17)/b12-8-. The van der Waals surface area contributed by atoms with E-state index in [-0.39, 0.29) is 5.57 Å². The Labute approximate surface area is 111 Å². The zero-order chi connectivity index (χ0) is 13.4. The third-order valence-corrected chi connectivity index (χ3v) is 3.56. The summed E-state index contributed by atoms with van der Waals surface area (Å²) < 4.78 is 0. The van der Waals surface area contributed by atoms with E-state index in [1.807, 2.05) is 11.4 Å². The molecule has 18 heavy (non-hydrogen) atoms. The maximum absolute atomic E-state index is 10.7. The Morgan fingerprint density at radius 1 is 1.50 bits per heavy atom. The summed E-state index contributed by atoms with van der Waals surface area (Å²) in [7, 11) is 0. The van der Waals surface area contributed by atoms with E-state index in [1.165, 1.54) is 42.2 Å². The number of nitrogens with zero attached hydrogens (tertiary/aromatic N) is 1. The van der Waals surface area contributed by atoms with Crippen LogP contribution in [0, 0.1) is 11.3 Å². The monoisotopic (exact) mass is 263 g/mol. The summed E-state index contributed by atoms with van der Waals surface area (Å²) in [6, 6.07) is 3.66. The summed E-state index contributed by atoms with van der Waals surface area (Å²) >= 11 is 1.48. The van der Waals surface area contributed by atoms with Crippen molar-refractivity contribution >= 4 is 23.4 Å². The largest absolute Gasteiger partial charge is 0.477 e. The number of rotatable bonds is 7. The van der Waals surface area contributed by atoms with Gasteiger partial charge in [0.1, 0.15) is 11.6 Å². The third-order valence-electron chi connectivity index (χ3n) is 2.63. The van der Waals surface area contributed by atoms with Gasteiger partial charge in [-0.25, -0.2) is 4.79 Å². The number of aryl methyl sites for hydroxylation is 1. The molecule has 1 heterocycles. The van der Waals surface area contributed by atoms with Crippen molar-refractivity contribution < 1.29 is 9.90 Å². The molecule has 0 fully saturated rings. The SMILES string of the molecule is CCCCCCc1csc(/C=C(/C#N)C(=O)O)c1. The van der Waals surface area contributed by atoms with Crippen LogP contribution < -0.4 is 0 Å². The Hall–Kier alpha value is -1.60. The van der Waals surface area contributed by atoms with Gasteiger partial charge in [0.2, 0.25) is 0 Å². The minimum absolute atomic E-state index is 0.214. The van der Waals surface area contributed by atoms with Gasteiger partial charge in [0.05, 0.1) is 0 Å². The van der Waals surface area contributed by atoms with Crippen molar-refractivity contribution in [3.63, 3.8) is 0 Å². The number of carboxylic acid groups (broad SMARTS) is 1. The summed E-state index contributed by atoms with van der Waals surface area (Å²) in [4.78, 5) is 11.5. The Morgan fingerprint density at radius 2 is 2.28 bits per heavy atom. The number of hydrogen-bond donors (Lipinski definition) is 1. The average Bonchev–Trinajstić information content (AvgIpc) is 2.79.